The van der Waals surface area contributed by atoms with Crippen molar-refractivity contribution in [3.05, 3.63) is 65.9 Å². The normalized spacial score (nSPS) is 10.4. The Bertz CT molecular complexity index is 945. The van der Waals surface area contributed by atoms with E-state index in [0.29, 0.717) is 30.2 Å². The van der Waals surface area contributed by atoms with Gasteiger partial charge in [0.15, 0.2) is 0 Å². The van der Waals surface area contributed by atoms with Gasteiger partial charge in [-0.3, -0.25) is 0 Å². The van der Waals surface area contributed by atoms with E-state index in [-0.39, 0.29) is 17.2 Å². The van der Waals surface area contributed by atoms with E-state index in [1.807, 2.05) is 30.3 Å². The largest absolute Gasteiger partial charge is 0.490 e. The maximum Gasteiger partial charge on any atom is 0.339 e. The van der Waals surface area contributed by atoms with Crippen LogP contribution in [0.25, 0.3) is 11.3 Å². The second kappa shape index (κ2) is 8.18. The molecule has 0 saturated heterocycles. The average molecular weight is 365 g/mol. The number of aromatic carboxylic acids is 1. The quantitative estimate of drug-likeness (QED) is 0.619. The van der Waals surface area contributed by atoms with Gasteiger partial charge in [0.05, 0.1) is 11.4 Å². The van der Waals surface area contributed by atoms with Crippen LogP contribution in [0.3, 0.4) is 0 Å². The van der Waals surface area contributed by atoms with E-state index in [4.69, 9.17) is 15.2 Å². The Hall–Kier alpha value is -3.61. The number of benzene rings is 2. The molecule has 0 aliphatic rings. The second-order valence-electron chi connectivity index (χ2n) is 5.73. The lowest BCUT2D eigenvalue weighted by Crippen LogP contribution is -2.10. The molecule has 0 aliphatic carbocycles. The number of nitrogens with zero attached hydrogens (tertiary/aromatic N) is 2. The van der Waals surface area contributed by atoms with Crippen LogP contribution in [0.15, 0.2) is 54.6 Å². The fourth-order valence-corrected chi connectivity index (χ4v) is 2.63. The topological polar surface area (TPSA) is 108 Å². The van der Waals surface area contributed by atoms with Gasteiger partial charge in [-0.15, -0.1) is 0 Å². The van der Waals surface area contributed by atoms with Crippen LogP contribution >= 0.6 is 0 Å². The molecule has 1 aromatic heterocycles. The van der Waals surface area contributed by atoms with Gasteiger partial charge < -0.3 is 20.3 Å². The number of para-hydroxylation sites is 1. The molecule has 0 unspecified atom stereocenters. The van der Waals surface area contributed by atoms with Gasteiger partial charge in [-0.1, -0.05) is 30.3 Å². The second-order valence-corrected chi connectivity index (χ2v) is 5.73. The summed E-state index contributed by atoms with van der Waals surface area (Å²) in [5.41, 5.74) is 6.88. The molecule has 138 valence electrons. The number of anilines is 1. The predicted octanol–water partition coefficient (Wildman–Crippen LogP) is 3.19. The van der Waals surface area contributed by atoms with Gasteiger partial charge >= 0.3 is 5.97 Å². The number of aromatic nitrogens is 2. The highest BCUT2D eigenvalue weighted by atomic mass is 16.5. The van der Waals surface area contributed by atoms with Crippen molar-refractivity contribution >= 4 is 11.9 Å². The Kier molecular flexibility index (Phi) is 5.51. The van der Waals surface area contributed by atoms with Crippen LogP contribution < -0.4 is 15.2 Å². The number of aryl methyl sites for hydroxylation is 1. The van der Waals surface area contributed by atoms with Gasteiger partial charge in [-0.05, 0) is 31.2 Å². The first kappa shape index (κ1) is 18.2. The Morgan fingerprint density at radius 1 is 1.00 bits per heavy atom. The number of ether oxygens (including phenoxy) is 2. The number of carboxylic acids is 1. The molecule has 2 aromatic carbocycles. The lowest BCUT2D eigenvalue weighted by molar-refractivity contribution is 0.0696. The minimum absolute atomic E-state index is 0.0220. The third kappa shape index (κ3) is 4.52. The zero-order valence-electron chi connectivity index (χ0n) is 14.8. The summed E-state index contributed by atoms with van der Waals surface area (Å²) in [6.07, 6.45) is 0. The Labute approximate surface area is 156 Å². The number of nitrogen functional groups attached to an aromatic ring is 1. The third-order valence-corrected chi connectivity index (χ3v) is 3.79. The minimum atomic E-state index is -1.11. The van der Waals surface area contributed by atoms with E-state index in [2.05, 4.69) is 9.97 Å². The van der Waals surface area contributed by atoms with Crippen LogP contribution in [-0.4, -0.2) is 34.3 Å². The molecule has 0 bridgehead atoms. The SMILES string of the molecule is Cc1nc(N)nc(-c2cccc(OCCOc3ccccc3)c2)c1C(=O)O. The van der Waals surface area contributed by atoms with E-state index < -0.39 is 5.97 Å². The van der Waals surface area contributed by atoms with E-state index >= 15 is 0 Å². The van der Waals surface area contributed by atoms with Gasteiger partial charge in [0.1, 0.15) is 30.3 Å². The van der Waals surface area contributed by atoms with Crippen LogP contribution in [0, 0.1) is 6.92 Å². The zero-order chi connectivity index (χ0) is 19.2. The molecule has 3 N–H and O–H groups in total. The summed E-state index contributed by atoms with van der Waals surface area (Å²) in [5, 5.41) is 9.48. The van der Waals surface area contributed by atoms with E-state index in [9.17, 15) is 9.90 Å². The molecule has 3 aromatic rings. The van der Waals surface area contributed by atoms with Gasteiger partial charge in [0.25, 0.3) is 0 Å². The summed E-state index contributed by atoms with van der Waals surface area (Å²) in [6.45, 7) is 2.32. The lowest BCUT2D eigenvalue weighted by atomic mass is 10.0. The summed E-state index contributed by atoms with van der Waals surface area (Å²) in [4.78, 5) is 19.6. The summed E-state index contributed by atoms with van der Waals surface area (Å²) in [6, 6.07) is 16.5. The highest BCUT2D eigenvalue weighted by molar-refractivity contribution is 5.96. The van der Waals surface area contributed by atoms with Crippen molar-refractivity contribution in [3.63, 3.8) is 0 Å². The number of hydrogen-bond acceptors (Lipinski definition) is 6. The molecule has 0 amide bonds. The van der Waals surface area contributed by atoms with Crippen molar-refractivity contribution in [2.24, 2.45) is 0 Å². The molecule has 27 heavy (non-hydrogen) atoms. The predicted molar refractivity (Wildman–Crippen MR) is 101 cm³/mol. The summed E-state index contributed by atoms with van der Waals surface area (Å²) in [5.74, 6) is 0.267. The standard InChI is InChI=1S/C20H19N3O4/c1-13-17(19(24)25)18(23-20(21)22-13)14-6-5-9-16(12-14)27-11-10-26-15-7-3-2-4-8-15/h2-9,12H,10-11H2,1H3,(H,24,25)(H2,21,22,23). The molecule has 0 radical (unpaired) electrons. The van der Waals surface area contributed by atoms with Crippen molar-refractivity contribution in [1.29, 1.82) is 0 Å². The number of rotatable bonds is 7. The number of carboxylic acid groups (broad SMARTS) is 1. The fraction of sp³-hybridized carbons (Fsp3) is 0.150. The Morgan fingerprint density at radius 3 is 2.37 bits per heavy atom. The molecule has 7 nitrogen and oxygen atoms in total. The highest BCUT2D eigenvalue weighted by Crippen LogP contribution is 2.27. The highest BCUT2D eigenvalue weighted by Gasteiger charge is 2.19. The van der Waals surface area contributed by atoms with Crippen molar-refractivity contribution in [1.82, 2.24) is 9.97 Å². The molecule has 1 heterocycles. The molecule has 7 heteroatoms. The van der Waals surface area contributed by atoms with Crippen LogP contribution in [0.2, 0.25) is 0 Å². The van der Waals surface area contributed by atoms with Crippen LogP contribution in [0.4, 0.5) is 5.95 Å². The average Bonchev–Trinajstić information content (AvgIpc) is 2.65. The number of nitrogens with two attached hydrogens (primary N) is 1. The smallest absolute Gasteiger partial charge is 0.339 e. The molecule has 3 rings (SSSR count). The van der Waals surface area contributed by atoms with Crippen LogP contribution in [0.1, 0.15) is 16.1 Å². The lowest BCUT2D eigenvalue weighted by Gasteiger charge is -2.11. The molecule has 0 aliphatic heterocycles. The maximum atomic E-state index is 11.6. The van der Waals surface area contributed by atoms with E-state index in [0.717, 1.165) is 5.75 Å². The van der Waals surface area contributed by atoms with E-state index in [1.54, 1.807) is 31.2 Å². The Morgan fingerprint density at radius 2 is 1.67 bits per heavy atom. The van der Waals surface area contributed by atoms with Crippen molar-refractivity contribution in [3.8, 4) is 22.8 Å². The van der Waals surface area contributed by atoms with Gasteiger partial charge in [-0.25, -0.2) is 14.8 Å². The first-order valence-electron chi connectivity index (χ1n) is 8.33. The summed E-state index contributed by atoms with van der Waals surface area (Å²) >= 11 is 0. The fourth-order valence-electron chi connectivity index (χ4n) is 2.63. The minimum Gasteiger partial charge on any atom is -0.490 e. The van der Waals surface area contributed by atoms with Gasteiger partial charge in [0, 0.05) is 5.56 Å². The molecule has 0 saturated carbocycles. The van der Waals surface area contributed by atoms with Crippen LogP contribution in [0.5, 0.6) is 11.5 Å². The van der Waals surface area contributed by atoms with Gasteiger partial charge in [0.2, 0.25) is 5.95 Å². The van der Waals surface area contributed by atoms with Gasteiger partial charge in [-0.2, -0.15) is 0 Å². The monoisotopic (exact) mass is 365 g/mol. The summed E-state index contributed by atoms with van der Waals surface area (Å²) < 4.78 is 11.3. The summed E-state index contributed by atoms with van der Waals surface area (Å²) in [7, 11) is 0. The number of carbonyl (C=O) groups is 1. The first-order chi connectivity index (χ1) is 13.0. The molecule has 0 fully saturated rings. The maximum absolute atomic E-state index is 11.6. The molecule has 0 atom stereocenters. The molecular formula is C20H19N3O4. The van der Waals surface area contributed by atoms with Crippen molar-refractivity contribution in [2.75, 3.05) is 18.9 Å². The van der Waals surface area contributed by atoms with Crippen molar-refractivity contribution < 1.29 is 19.4 Å². The van der Waals surface area contributed by atoms with Crippen molar-refractivity contribution in [2.45, 2.75) is 6.92 Å². The van der Waals surface area contributed by atoms with E-state index in [1.165, 1.54) is 0 Å². The first-order valence-corrected chi connectivity index (χ1v) is 8.33. The Balaban J connectivity index is 1.73. The molecule has 0 spiro atoms. The number of hydrogen-bond donors (Lipinski definition) is 2. The zero-order valence-corrected chi connectivity index (χ0v) is 14.8. The third-order valence-electron chi connectivity index (χ3n) is 3.79. The molecular weight excluding hydrogens is 346 g/mol. The van der Waals surface area contributed by atoms with Crippen LogP contribution in [-0.2, 0) is 0 Å².